The molecule has 1 aliphatic rings. The first kappa shape index (κ1) is 12.4. The molecule has 3 aromatic rings. The first-order valence-electron chi connectivity index (χ1n) is 7.13. The van der Waals surface area contributed by atoms with Crippen molar-refractivity contribution in [1.82, 2.24) is 19.7 Å². The number of hydrogen-bond donors (Lipinski definition) is 1. The van der Waals surface area contributed by atoms with E-state index in [0.717, 1.165) is 31.6 Å². The zero-order valence-electron chi connectivity index (χ0n) is 11.6. The number of oxazole rings is 1. The number of nitrogens with zero attached hydrogens (tertiary/aromatic N) is 3. The Labute approximate surface area is 121 Å². The van der Waals surface area contributed by atoms with Gasteiger partial charge in [-0.2, -0.15) is 5.10 Å². The maximum Gasteiger partial charge on any atom is 0.419 e. The second-order valence-corrected chi connectivity index (χ2v) is 5.39. The van der Waals surface area contributed by atoms with Crippen molar-refractivity contribution in [2.45, 2.75) is 19.5 Å². The van der Waals surface area contributed by atoms with Crippen molar-refractivity contribution in [3.8, 4) is 0 Å². The highest BCUT2D eigenvalue weighted by molar-refractivity contribution is 5.72. The van der Waals surface area contributed by atoms with Crippen LogP contribution in [0.4, 0.5) is 0 Å². The predicted octanol–water partition coefficient (Wildman–Crippen LogP) is 1.38. The van der Waals surface area contributed by atoms with E-state index in [-0.39, 0.29) is 5.76 Å². The summed E-state index contributed by atoms with van der Waals surface area (Å²) in [5.41, 5.74) is 4.00. The third-order valence-corrected chi connectivity index (χ3v) is 4.09. The van der Waals surface area contributed by atoms with Gasteiger partial charge < -0.3 is 4.42 Å². The van der Waals surface area contributed by atoms with Gasteiger partial charge in [0.15, 0.2) is 5.58 Å². The van der Waals surface area contributed by atoms with Gasteiger partial charge in [0.25, 0.3) is 0 Å². The monoisotopic (exact) mass is 284 g/mol. The Bertz CT molecular complexity index is 829. The van der Waals surface area contributed by atoms with Crippen LogP contribution < -0.4 is 5.76 Å². The molecule has 6 nitrogen and oxygen atoms in total. The lowest BCUT2D eigenvalue weighted by Crippen LogP contribution is -2.34. The van der Waals surface area contributed by atoms with E-state index >= 15 is 0 Å². The standard InChI is InChI=1S/C15H16N4O2/c20-15-19(13-3-1-2-4-14(13)21-15)8-7-18-6-5-12-11(10-18)9-16-17-12/h1-4,9H,5-8,10H2,(H,16,17). The van der Waals surface area contributed by atoms with Crippen LogP contribution in [0.25, 0.3) is 11.1 Å². The van der Waals surface area contributed by atoms with E-state index in [1.807, 2.05) is 30.5 Å². The summed E-state index contributed by atoms with van der Waals surface area (Å²) in [6, 6.07) is 7.55. The molecule has 0 saturated carbocycles. The third kappa shape index (κ3) is 2.17. The van der Waals surface area contributed by atoms with Crippen molar-refractivity contribution in [2.75, 3.05) is 13.1 Å². The highest BCUT2D eigenvalue weighted by atomic mass is 16.4. The van der Waals surface area contributed by atoms with Crippen LogP contribution in [-0.2, 0) is 19.5 Å². The van der Waals surface area contributed by atoms with Crippen molar-refractivity contribution in [3.63, 3.8) is 0 Å². The van der Waals surface area contributed by atoms with Gasteiger partial charge in [-0.3, -0.25) is 14.6 Å². The second kappa shape index (κ2) is 4.89. The van der Waals surface area contributed by atoms with E-state index in [4.69, 9.17) is 4.42 Å². The number of fused-ring (bicyclic) bond motifs is 2. The molecule has 1 N–H and O–H groups in total. The Hall–Kier alpha value is -2.34. The molecule has 2 aromatic heterocycles. The quantitative estimate of drug-likeness (QED) is 0.789. The summed E-state index contributed by atoms with van der Waals surface area (Å²) in [5.74, 6) is -0.280. The molecule has 0 atom stereocenters. The van der Waals surface area contributed by atoms with E-state index in [1.165, 1.54) is 11.3 Å². The smallest absolute Gasteiger partial charge is 0.408 e. The number of para-hydroxylation sites is 2. The van der Waals surface area contributed by atoms with Gasteiger partial charge in [0.1, 0.15) is 0 Å². The Balaban J connectivity index is 1.52. The molecule has 0 radical (unpaired) electrons. The maximum absolute atomic E-state index is 11.9. The summed E-state index contributed by atoms with van der Waals surface area (Å²) in [4.78, 5) is 14.3. The Morgan fingerprint density at radius 3 is 3.14 bits per heavy atom. The minimum atomic E-state index is -0.280. The molecule has 4 rings (SSSR count). The molecule has 0 saturated heterocycles. The fourth-order valence-electron chi connectivity index (χ4n) is 2.94. The summed E-state index contributed by atoms with van der Waals surface area (Å²) in [5, 5.41) is 7.12. The summed E-state index contributed by atoms with van der Waals surface area (Å²) in [7, 11) is 0. The summed E-state index contributed by atoms with van der Waals surface area (Å²) in [6.07, 6.45) is 2.87. The minimum Gasteiger partial charge on any atom is -0.408 e. The van der Waals surface area contributed by atoms with Crippen LogP contribution in [0.1, 0.15) is 11.3 Å². The molecule has 1 aromatic carbocycles. The fraction of sp³-hybridized carbons (Fsp3) is 0.333. The van der Waals surface area contributed by atoms with E-state index in [0.29, 0.717) is 12.1 Å². The number of benzene rings is 1. The van der Waals surface area contributed by atoms with Crippen molar-refractivity contribution in [2.24, 2.45) is 0 Å². The summed E-state index contributed by atoms with van der Waals surface area (Å²) >= 11 is 0. The van der Waals surface area contributed by atoms with Gasteiger partial charge in [-0.25, -0.2) is 4.79 Å². The van der Waals surface area contributed by atoms with E-state index in [9.17, 15) is 4.79 Å². The van der Waals surface area contributed by atoms with Crippen LogP contribution in [0.3, 0.4) is 0 Å². The lowest BCUT2D eigenvalue weighted by Gasteiger charge is -2.26. The molecule has 108 valence electrons. The number of aromatic amines is 1. The second-order valence-electron chi connectivity index (χ2n) is 5.39. The van der Waals surface area contributed by atoms with Crippen LogP contribution in [0.5, 0.6) is 0 Å². The number of rotatable bonds is 3. The molecule has 0 unspecified atom stereocenters. The molecule has 0 aliphatic carbocycles. The maximum atomic E-state index is 11.9. The molecule has 0 amide bonds. The highest BCUT2D eigenvalue weighted by Gasteiger charge is 2.18. The minimum absolute atomic E-state index is 0.280. The molecule has 0 fully saturated rings. The summed E-state index contributed by atoms with van der Waals surface area (Å²) in [6.45, 7) is 3.34. The molecule has 3 heterocycles. The molecule has 6 heteroatoms. The van der Waals surface area contributed by atoms with Gasteiger partial charge in [-0.05, 0) is 12.1 Å². The van der Waals surface area contributed by atoms with Crippen molar-refractivity contribution < 1.29 is 4.42 Å². The largest absolute Gasteiger partial charge is 0.419 e. The SMILES string of the molecule is O=c1oc2ccccc2n1CCN1CCc2[nH]ncc2C1. The van der Waals surface area contributed by atoms with Crippen LogP contribution >= 0.6 is 0 Å². The summed E-state index contributed by atoms with van der Waals surface area (Å²) < 4.78 is 6.97. The van der Waals surface area contributed by atoms with E-state index in [2.05, 4.69) is 15.1 Å². The van der Waals surface area contributed by atoms with Gasteiger partial charge in [-0.1, -0.05) is 12.1 Å². The predicted molar refractivity (Wildman–Crippen MR) is 78.0 cm³/mol. The fourth-order valence-corrected chi connectivity index (χ4v) is 2.94. The van der Waals surface area contributed by atoms with Gasteiger partial charge in [0.2, 0.25) is 0 Å². The average molecular weight is 284 g/mol. The van der Waals surface area contributed by atoms with Gasteiger partial charge >= 0.3 is 5.76 Å². The Morgan fingerprint density at radius 1 is 1.29 bits per heavy atom. The number of hydrogen-bond acceptors (Lipinski definition) is 4. The normalized spacial score (nSPS) is 15.4. The number of H-pyrrole nitrogens is 1. The zero-order valence-corrected chi connectivity index (χ0v) is 11.6. The molecular weight excluding hydrogens is 268 g/mol. The van der Waals surface area contributed by atoms with Crippen LogP contribution in [-0.4, -0.2) is 32.8 Å². The van der Waals surface area contributed by atoms with Crippen LogP contribution in [0.2, 0.25) is 0 Å². The Morgan fingerprint density at radius 2 is 2.19 bits per heavy atom. The Kier molecular flexibility index (Phi) is 2.89. The van der Waals surface area contributed by atoms with Crippen molar-refractivity contribution in [1.29, 1.82) is 0 Å². The lowest BCUT2D eigenvalue weighted by atomic mass is 10.1. The topological polar surface area (TPSA) is 67.1 Å². The number of nitrogens with one attached hydrogen (secondary N) is 1. The van der Waals surface area contributed by atoms with E-state index in [1.54, 1.807) is 4.57 Å². The zero-order chi connectivity index (χ0) is 14.2. The molecule has 0 bridgehead atoms. The number of aromatic nitrogens is 3. The molecule has 1 aliphatic heterocycles. The van der Waals surface area contributed by atoms with Gasteiger partial charge in [0, 0.05) is 43.9 Å². The average Bonchev–Trinajstić information content (AvgIpc) is 3.08. The first-order valence-corrected chi connectivity index (χ1v) is 7.13. The molecule has 21 heavy (non-hydrogen) atoms. The van der Waals surface area contributed by atoms with Crippen molar-refractivity contribution in [3.05, 3.63) is 52.3 Å². The third-order valence-electron chi connectivity index (χ3n) is 4.09. The van der Waals surface area contributed by atoms with Crippen LogP contribution in [0.15, 0.2) is 39.7 Å². The van der Waals surface area contributed by atoms with Gasteiger partial charge in [-0.15, -0.1) is 0 Å². The van der Waals surface area contributed by atoms with Gasteiger partial charge in [0.05, 0.1) is 11.7 Å². The van der Waals surface area contributed by atoms with Crippen molar-refractivity contribution >= 4 is 11.1 Å². The molecular formula is C15H16N4O2. The first-order chi connectivity index (χ1) is 10.3. The lowest BCUT2D eigenvalue weighted by molar-refractivity contribution is 0.241. The highest BCUT2D eigenvalue weighted by Crippen LogP contribution is 2.16. The van der Waals surface area contributed by atoms with E-state index < -0.39 is 0 Å². The van der Waals surface area contributed by atoms with Crippen LogP contribution in [0, 0.1) is 0 Å². The molecule has 0 spiro atoms.